The van der Waals surface area contributed by atoms with Crippen LogP contribution in [0.5, 0.6) is 5.88 Å². The van der Waals surface area contributed by atoms with E-state index in [0.717, 1.165) is 17.9 Å². The smallest absolute Gasteiger partial charge is 0.215 e. The molecule has 0 aromatic carbocycles. The molecule has 18 heavy (non-hydrogen) atoms. The van der Waals surface area contributed by atoms with Crippen molar-refractivity contribution in [2.24, 2.45) is 0 Å². The maximum Gasteiger partial charge on any atom is 0.215 e. The van der Waals surface area contributed by atoms with Crippen molar-refractivity contribution in [1.82, 2.24) is 20.3 Å². The molecule has 0 fully saturated rings. The van der Waals surface area contributed by atoms with E-state index >= 15 is 0 Å². The number of fused-ring (bicyclic) bond motifs is 1. The zero-order chi connectivity index (χ0) is 13.2. The van der Waals surface area contributed by atoms with Crippen molar-refractivity contribution in [3.05, 3.63) is 18.0 Å². The number of hydrogen-bond donors (Lipinski definition) is 2. The Bertz CT molecular complexity index is 533. The van der Waals surface area contributed by atoms with Gasteiger partial charge in [0.1, 0.15) is 5.82 Å². The van der Waals surface area contributed by atoms with E-state index in [4.69, 9.17) is 4.74 Å². The molecule has 0 saturated carbocycles. The summed E-state index contributed by atoms with van der Waals surface area (Å²) < 4.78 is 5.38. The fraction of sp³-hybridized carbons (Fsp3) is 0.538. The standard InChI is InChI=1S/C13H20N4O/c1-5-14-13(3,4)12-15-9-7-8-10(18-6-2)16-11(9)17-12/h7-8,14H,5-6H2,1-4H3,(H,15,16,17). The molecule has 0 amide bonds. The van der Waals surface area contributed by atoms with Gasteiger partial charge in [0.05, 0.1) is 17.7 Å². The number of H-pyrrole nitrogens is 1. The van der Waals surface area contributed by atoms with E-state index in [1.807, 2.05) is 19.1 Å². The molecule has 0 unspecified atom stereocenters. The van der Waals surface area contributed by atoms with Crippen LogP contribution < -0.4 is 10.1 Å². The monoisotopic (exact) mass is 248 g/mol. The summed E-state index contributed by atoms with van der Waals surface area (Å²) in [6, 6.07) is 3.81. The van der Waals surface area contributed by atoms with Crippen molar-refractivity contribution >= 4 is 11.2 Å². The second-order valence-electron chi connectivity index (χ2n) is 4.69. The lowest BCUT2D eigenvalue weighted by Crippen LogP contribution is -2.37. The van der Waals surface area contributed by atoms with Crippen LogP contribution in [0.3, 0.4) is 0 Å². The van der Waals surface area contributed by atoms with Crippen LogP contribution in [0.2, 0.25) is 0 Å². The SMILES string of the molecule is CCNC(C)(C)c1nc2nc(OCC)ccc2[nH]1. The summed E-state index contributed by atoms with van der Waals surface area (Å²) >= 11 is 0. The number of rotatable bonds is 5. The normalized spacial score (nSPS) is 12.0. The van der Waals surface area contributed by atoms with Gasteiger partial charge in [-0.15, -0.1) is 0 Å². The van der Waals surface area contributed by atoms with Crippen LogP contribution in [0.15, 0.2) is 12.1 Å². The summed E-state index contributed by atoms with van der Waals surface area (Å²) in [5, 5.41) is 3.39. The Morgan fingerprint density at radius 3 is 2.72 bits per heavy atom. The first kappa shape index (κ1) is 12.8. The summed E-state index contributed by atoms with van der Waals surface area (Å²) in [5.74, 6) is 1.50. The molecule has 0 aliphatic rings. The average Bonchev–Trinajstić information content (AvgIpc) is 2.73. The number of aromatic amines is 1. The molecule has 98 valence electrons. The molecule has 0 saturated heterocycles. The zero-order valence-electron chi connectivity index (χ0n) is 11.4. The molecule has 5 nitrogen and oxygen atoms in total. The molecular weight excluding hydrogens is 228 g/mol. The van der Waals surface area contributed by atoms with Gasteiger partial charge in [0.2, 0.25) is 5.88 Å². The summed E-state index contributed by atoms with van der Waals surface area (Å²) in [4.78, 5) is 12.2. The van der Waals surface area contributed by atoms with E-state index in [-0.39, 0.29) is 5.54 Å². The largest absolute Gasteiger partial charge is 0.478 e. The van der Waals surface area contributed by atoms with Gasteiger partial charge in [-0.3, -0.25) is 0 Å². The molecule has 2 rings (SSSR count). The molecule has 5 heteroatoms. The molecule has 2 aromatic heterocycles. The number of nitrogens with one attached hydrogen (secondary N) is 2. The number of nitrogens with zero attached hydrogens (tertiary/aromatic N) is 2. The Labute approximate surface area is 107 Å². The van der Waals surface area contributed by atoms with Crippen LogP contribution in [0.1, 0.15) is 33.5 Å². The highest BCUT2D eigenvalue weighted by molar-refractivity contribution is 5.71. The lowest BCUT2D eigenvalue weighted by atomic mass is 10.1. The molecule has 0 aliphatic carbocycles. The molecule has 0 bridgehead atoms. The molecule has 2 heterocycles. The van der Waals surface area contributed by atoms with Crippen LogP contribution in [0, 0.1) is 0 Å². The molecule has 2 aromatic rings. The first-order valence-electron chi connectivity index (χ1n) is 6.32. The van der Waals surface area contributed by atoms with Crippen LogP contribution in [-0.4, -0.2) is 28.1 Å². The van der Waals surface area contributed by atoms with E-state index < -0.39 is 0 Å². The third-order valence-corrected chi connectivity index (χ3v) is 2.82. The van der Waals surface area contributed by atoms with Crippen LogP contribution >= 0.6 is 0 Å². The van der Waals surface area contributed by atoms with Gasteiger partial charge in [0, 0.05) is 6.07 Å². The van der Waals surface area contributed by atoms with Gasteiger partial charge in [-0.05, 0) is 33.4 Å². The minimum absolute atomic E-state index is 0.193. The van der Waals surface area contributed by atoms with Gasteiger partial charge >= 0.3 is 0 Å². The minimum Gasteiger partial charge on any atom is -0.478 e. The maximum absolute atomic E-state index is 5.38. The third-order valence-electron chi connectivity index (χ3n) is 2.82. The lowest BCUT2D eigenvalue weighted by molar-refractivity contribution is 0.328. The van der Waals surface area contributed by atoms with Crippen LogP contribution in [-0.2, 0) is 5.54 Å². The highest BCUT2D eigenvalue weighted by Gasteiger charge is 2.23. The van der Waals surface area contributed by atoms with E-state index in [0.29, 0.717) is 18.1 Å². The van der Waals surface area contributed by atoms with Crippen LogP contribution in [0.4, 0.5) is 0 Å². The Balaban J connectivity index is 2.37. The second-order valence-corrected chi connectivity index (χ2v) is 4.69. The highest BCUT2D eigenvalue weighted by atomic mass is 16.5. The quantitative estimate of drug-likeness (QED) is 0.851. The molecule has 0 atom stereocenters. The van der Waals surface area contributed by atoms with E-state index in [1.165, 1.54) is 0 Å². The molecule has 0 aliphatic heterocycles. The number of hydrogen-bond acceptors (Lipinski definition) is 4. The predicted molar refractivity (Wildman–Crippen MR) is 71.8 cm³/mol. The van der Waals surface area contributed by atoms with Gasteiger partial charge in [-0.1, -0.05) is 6.92 Å². The van der Waals surface area contributed by atoms with Crippen LogP contribution in [0.25, 0.3) is 11.2 Å². The molecule has 2 N–H and O–H groups in total. The third kappa shape index (κ3) is 2.46. The van der Waals surface area contributed by atoms with Gasteiger partial charge in [-0.2, -0.15) is 4.98 Å². The first-order valence-corrected chi connectivity index (χ1v) is 6.32. The predicted octanol–water partition coefficient (Wildman–Crippen LogP) is 2.20. The Morgan fingerprint density at radius 2 is 2.06 bits per heavy atom. The van der Waals surface area contributed by atoms with E-state index in [1.54, 1.807) is 0 Å². The number of aromatic nitrogens is 3. The summed E-state index contributed by atoms with van der Waals surface area (Å²) in [6.07, 6.45) is 0. The summed E-state index contributed by atoms with van der Waals surface area (Å²) in [7, 11) is 0. The Kier molecular flexibility index (Phi) is 3.52. The lowest BCUT2D eigenvalue weighted by Gasteiger charge is -2.22. The van der Waals surface area contributed by atoms with Gasteiger partial charge in [-0.25, -0.2) is 4.98 Å². The van der Waals surface area contributed by atoms with Crippen molar-refractivity contribution in [2.75, 3.05) is 13.2 Å². The van der Waals surface area contributed by atoms with Crippen molar-refractivity contribution in [3.8, 4) is 5.88 Å². The molecule has 0 spiro atoms. The number of pyridine rings is 1. The van der Waals surface area contributed by atoms with Crippen molar-refractivity contribution in [2.45, 2.75) is 33.2 Å². The minimum atomic E-state index is -0.193. The van der Waals surface area contributed by atoms with Crippen molar-refractivity contribution < 1.29 is 4.74 Å². The first-order chi connectivity index (χ1) is 8.56. The average molecular weight is 248 g/mol. The van der Waals surface area contributed by atoms with Gasteiger partial charge in [0.15, 0.2) is 5.65 Å². The van der Waals surface area contributed by atoms with E-state index in [9.17, 15) is 0 Å². The molecular formula is C13H20N4O. The summed E-state index contributed by atoms with van der Waals surface area (Å²) in [6.45, 7) is 9.71. The molecule has 0 radical (unpaired) electrons. The number of ether oxygens (including phenoxy) is 1. The summed E-state index contributed by atoms with van der Waals surface area (Å²) in [5.41, 5.74) is 1.43. The number of imidazole rings is 1. The van der Waals surface area contributed by atoms with Gasteiger partial charge in [0.25, 0.3) is 0 Å². The van der Waals surface area contributed by atoms with Crippen molar-refractivity contribution in [3.63, 3.8) is 0 Å². The topological polar surface area (TPSA) is 62.8 Å². The fourth-order valence-electron chi connectivity index (χ4n) is 1.93. The highest BCUT2D eigenvalue weighted by Crippen LogP contribution is 2.21. The fourth-order valence-corrected chi connectivity index (χ4v) is 1.93. The maximum atomic E-state index is 5.38. The second kappa shape index (κ2) is 4.94. The van der Waals surface area contributed by atoms with Gasteiger partial charge < -0.3 is 15.0 Å². The van der Waals surface area contributed by atoms with Crippen molar-refractivity contribution in [1.29, 1.82) is 0 Å². The Morgan fingerprint density at radius 1 is 1.28 bits per heavy atom. The Hall–Kier alpha value is -1.62. The van der Waals surface area contributed by atoms with E-state index in [2.05, 4.69) is 41.0 Å². The zero-order valence-corrected chi connectivity index (χ0v) is 11.4.